The van der Waals surface area contributed by atoms with Crippen LogP contribution in [0.4, 0.5) is 32.3 Å². The third-order valence-corrected chi connectivity index (χ3v) is 6.51. The van der Waals surface area contributed by atoms with Crippen molar-refractivity contribution in [3.63, 3.8) is 0 Å². The van der Waals surface area contributed by atoms with E-state index in [4.69, 9.17) is 0 Å². The normalized spacial score (nSPS) is 14.4. The minimum atomic E-state index is -0.385. The number of amidine groups is 2. The summed E-state index contributed by atoms with van der Waals surface area (Å²) < 4.78 is 0. The Morgan fingerprint density at radius 3 is 1.55 bits per heavy atom. The SMILES string of the molecule is CC(C)(C)c1ccc(NC(=O)Nc2ccc(C3=NCCN3)cc2)cc1NC(=O)Nc1ccc(C2=NCCN2)cc1. The Balaban J connectivity index is 1.24. The Hall–Kier alpha value is -4.86. The fourth-order valence-corrected chi connectivity index (χ4v) is 4.56. The van der Waals surface area contributed by atoms with Gasteiger partial charge in [0, 0.05) is 47.0 Å². The van der Waals surface area contributed by atoms with Crippen LogP contribution in [0.2, 0.25) is 0 Å². The lowest BCUT2D eigenvalue weighted by molar-refractivity contribution is 0.261. The van der Waals surface area contributed by atoms with E-state index < -0.39 is 0 Å². The lowest BCUT2D eigenvalue weighted by Gasteiger charge is -2.24. The molecule has 40 heavy (non-hydrogen) atoms. The number of hydrogen-bond donors (Lipinski definition) is 6. The van der Waals surface area contributed by atoms with E-state index >= 15 is 0 Å². The first kappa shape index (κ1) is 26.7. The Morgan fingerprint density at radius 1 is 0.650 bits per heavy atom. The van der Waals surface area contributed by atoms with E-state index in [1.165, 1.54) is 0 Å². The maximum Gasteiger partial charge on any atom is 0.323 e. The van der Waals surface area contributed by atoms with Crippen molar-refractivity contribution in [2.24, 2.45) is 9.98 Å². The van der Waals surface area contributed by atoms with E-state index in [2.05, 4.69) is 62.7 Å². The van der Waals surface area contributed by atoms with E-state index in [-0.39, 0.29) is 17.5 Å². The van der Waals surface area contributed by atoms with Crippen LogP contribution in [0, 0.1) is 0 Å². The molecule has 6 N–H and O–H groups in total. The Kier molecular flexibility index (Phi) is 7.68. The second kappa shape index (κ2) is 11.5. The van der Waals surface area contributed by atoms with Gasteiger partial charge in [-0.1, -0.05) is 26.8 Å². The first-order chi connectivity index (χ1) is 19.2. The number of urea groups is 2. The van der Waals surface area contributed by atoms with Crippen molar-refractivity contribution in [1.82, 2.24) is 10.6 Å². The first-order valence-electron chi connectivity index (χ1n) is 13.3. The number of hydrogen-bond acceptors (Lipinski definition) is 6. The third-order valence-electron chi connectivity index (χ3n) is 6.51. The summed E-state index contributed by atoms with van der Waals surface area (Å²) in [6.45, 7) is 9.42. The van der Waals surface area contributed by atoms with Crippen LogP contribution in [0.5, 0.6) is 0 Å². The topological polar surface area (TPSA) is 131 Å². The third kappa shape index (κ3) is 6.58. The zero-order valence-corrected chi connectivity index (χ0v) is 22.9. The highest BCUT2D eigenvalue weighted by molar-refractivity contribution is 6.04. The molecule has 10 nitrogen and oxygen atoms in total. The standard InChI is InChI=1S/C30H34N8O2/c1-30(2,3)24-13-12-23(37-28(39)35-21-8-4-19(5-9-21)26-31-14-15-32-26)18-25(24)38-29(40)36-22-10-6-20(7-11-22)27-33-16-17-34-27/h4-13,18H,14-17H2,1-3H3,(H,31,32)(H,33,34)(H2,35,37,39)(H2,36,38,40). The predicted molar refractivity (Wildman–Crippen MR) is 162 cm³/mol. The smallest absolute Gasteiger partial charge is 0.323 e. The number of carbonyl (C=O) groups is 2. The summed E-state index contributed by atoms with van der Waals surface area (Å²) in [6, 6.07) is 19.8. The van der Waals surface area contributed by atoms with E-state index in [9.17, 15) is 9.59 Å². The summed E-state index contributed by atoms with van der Waals surface area (Å²) in [5, 5.41) is 18.0. The van der Waals surface area contributed by atoms with Crippen molar-refractivity contribution in [1.29, 1.82) is 0 Å². The largest absolute Gasteiger partial charge is 0.368 e. The second-order valence-corrected chi connectivity index (χ2v) is 10.6. The van der Waals surface area contributed by atoms with Gasteiger partial charge in [-0.3, -0.25) is 9.98 Å². The van der Waals surface area contributed by atoms with Gasteiger partial charge in [-0.15, -0.1) is 0 Å². The molecule has 0 saturated heterocycles. The van der Waals surface area contributed by atoms with Crippen LogP contribution >= 0.6 is 0 Å². The van der Waals surface area contributed by atoms with Gasteiger partial charge in [0.25, 0.3) is 0 Å². The summed E-state index contributed by atoms with van der Waals surface area (Å²) in [5.41, 5.74) is 5.14. The monoisotopic (exact) mass is 538 g/mol. The summed E-state index contributed by atoms with van der Waals surface area (Å²) in [4.78, 5) is 34.5. The van der Waals surface area contributed by atoms with Crippen molar-refractivity contribution in [2.45, 2.75) is 26.2 Å². The number of aliphatic imine (C=N–C) groups is 2. The van der Waals surface area contributed by atoms with E-state index in [0.29, 0.717) is 22.7 Å². The molecule has 0 fully saturated rings. The zero-order chi connectivity index (χ0) is 28.1. The van der Waals surface area contributed by atoms with Gasteiger partial charge in [0.1, 0.15) is 11.7 Å². The van der Waals surface area contributed by atoms with Crippen LogP contribution in [0.1, 0.15) is 37.5 Å². The quantitative estimate of drug-likeness (QED) is 0.264. The maximum atomic E-state index is 12.9. The number of nitrogens with one attached hydrogen (secondary N) is 6. The molecule has 2 aliphatic heterocycles. The molecule has 3 aromatic carbocycles. The van der Waals surface area contributed by atoms with Crippen LogP contribution in [0.25, 0.3) is 0 Å². The number of nitrogens with zero attached hydrogens (tertiary/aromatic N) is 2. The molecule has 10 heteroatoms. The van der Waals surface area contributed by atoms with Crippen LogP contribution in [-0.4, -0.2) is 49.9 Å². The van der Waals surface area contributed by atoms with Crippen LogP contribution in [-0.2, 0) is 5.41 Å². The van der Waals surface area contributed by atoms with Crippen molar-refractivity contribution >= 4 is 46.5 Å². The molecule has 5 rings (SSSR count). The molecule has 2 heterocycles. The van der Waals surface area contributed by atoms with E-state index in [1.807, 2.05) is 60.7 Å². The lowest BCUT2D eigenvalue weighted by atomic mass is 9.85. The fourth-order valence-electron chi connectivity index (χ4n) is 4.56. The Bertz CT molecular complexity index is 1450. The molecule has 0 saturated carbocycles. The minimum Gasteiger partial charge on any atom is -0.368 e. The second-order valence-electron chi connectivity index (χ2n) is 10.6. The van der Waals surface area contributed by atoms with Gasteiger partial charge in [-0.05, 0) is 71.6 Å². The average Bonchev–Trinajstić information content (AvgIpc) is 3.64. The molecule has 206 valence electrons. The van der Waals surface area contributed by atoms with E-state index in [0.717, 1.165) is 54.5 Å². The lowest BCUT2D eigenvalue weighted by Crippen LogP contribution is -2.24. The van der Waals surface area contributed by atoms with Crippen molar-refractivity contribution < 1.29 is 9.59 Å². The number of anilines is 4. The number of benzene rings is 3. The highest BCUT2D eigenvalue weighted by atomic mass is 16.2. The highest BCUT2D eigenvalue weighted by Crippen LogP contribution is 2.32. The maximum absolute atomic E-state index is 12.9. The molecule has 2 aliphatic rings. The minimum absolute atomic E-state index is 0.236. The number of amides is 4. The van der Waals surface area contributed by atoms with Crippen molar-refractivity contribution in [2.75, 3.05) is 47.4 Å². The van der Waals surface area contributed by atoms with Gasteiger partial charge >= 0.3 is 12.1 Å². The Morgan fingerprint density at radius 2 is 1.10 bits per heavy atom. The van der Waals surface area contributed by atoms with Crippen LogP contribution < -0.4 is 31.9 Å². The summed E-state index contributed by atoms with van der Waals surface area (Å²) in [7, 11) is 0. The number of rotatable bonds is 6. The molecule has 3 aromatic rings. The zero-order valence-electron chi connectivity index (χ0n) is 22.9. The fraction of sp³-hybridized carbons (Fsp3) is 0.267. The summed E-state index contributed by atoms with van der Waals surface area (Å²) in [5.74, 6) is 1.74. The summed E-state index contributed by atoms with van der Waals surface area (Å²) >= 11 is 0. The molecular weight excluding hydrogens is 504 g/mol. The van der Waals surface area contributed by atoms with Crippen molar-refractivity contribution in [3.8, 4) is 0 Å². The molecule has 0 spiro atoms. The molecule has 0 bridgehead atoms. The Labute approximate surface area is 233 Å². The molecular formula is C30H34N8O2. The average molecular weight is 539 g/mol. The predicted octanol–water partition coefficient (Wildman–Crippen LogP) is 4.97. The molecule has 0 aromatic heterocycles. The van der Waals surface area contributed by atoms with Gasteiger partial charge in [0.15, 0.2) is 0 Å². The van der Waals surface area contributed by atoms with Gasteiger partial charge in [0.2, 0.25) is 0 Å². The van der Waals surface area contributed by atoms with Gasteiger partial charge in [0.05, 0.1) is 13.1 Å². The van der Waals surface area contributed by atoms with Crippen molar-refractivity contribution in [3.05, 3.63) is 83.4 Å². The van der Waals surface area contributed by atoms with Gasteiger partial charge in [-0.2, -0.15) is 0 Å². The van der Waals surface area contributed by atoms with Crippen LogP contribution in [0.15, 0.2) is 76.7 Å². The molecule has 0 unspecified atom stereocenters. The molecule has 0 radical (unpaired) electrons. The van der Waals surface area contributed by atoms with Gasteiger partial charge < -0.3 is 31.9 Å². The molecule has 0 aliphatic carbocycles. The van der Waals surface area contributed by atoms with Crippen LogP contribution in [0.3, 0.4) is 0 Å². The molecule has 4 amide bonds. The first-order valence-corrected chi connectivity index (χ1v) is 13.3. The highest BCUT2D eigenvalue weighted by Gasteiger charge is 2.20. The van der Waals surface area contributed by atoms with E-state index in [1.54, 1.807) is 6.07 Å². The summed E-state index contributed by atoms with van der Waals surface area (Å²) in [6.07, 6.45) is 0. The number of carbonyl (C=O) groups excluding carboxylic acids is 2. The molecule has 0 atom stereocenters. The van der Waals surface area contributed by atoms with Gasteiger partial charge in [-0.25, -0.2) is 9.59 Å².